The first kappa shape index (κ1) is 17.5. The summed E-state index contributed by atoms with van der Waals surface area (Å²) in [5.41, 5.74) is 4.24. The molecule has 0 fully saturated rings. The Kier molecular flexibility index (Phi) is 6.17. The van der Waals surface area contributed by atoms with Crippen LogP contribution >= 0.6 is 0 Å². The molecule has 1 rings (SSSR count). The molecule has 1 amide bonds. The van der Waals surface area contributed by atoms with Crippen LogP contribution in [0.1, 0.15) is 47.5 Å². The van der Waals surface area contributed by atoms with Crippen LogP contribution in [0.5, 0.6) is 0 Å². The van der Waals surface area contributed by atoms with Gasteiger partial charge in [-0.1, -0.05) is 13.3 Å². The van der Waals surface area contributed by atoms with Gasteiger partial charge in [-0.05, 0) is 24.6 Å². The number of hydrogen-bond donors (Lipinski definition) is 1. The molecule has 0 heterocycles. The molecular formula is C14H18F3NO3. The van der Waals surface area contributed by atoms with Crippen molar-refractivity contribution in [2.75, 3.05) is 13.7 Å². The molecule has 4 nitrogen and oxygen atoms in total. The summed E-state index contributed by atoms with van der Waals surface area (Å²) in [6, 6.07) is 2.68. The van der Waals surface area contributed by atoms with Gasteiger partial charge >= 0.3 is 6.18 Å². The summed E-state index contributed by atoms with van der Waals surface area (Å²) >= 11 is 0. The molecule has 7 heteroatoms. The summed E-state index contributed by atoms with van der Waals surface area (Å²) < 4.78 is 48.8. The zero-order valence-electron chi connectivity index (χ0n) is 11.9. The first-order valence-electron chi connectivity index (χ1n) is 6.46. The fraction of sp³-hybridized carbons (Fsp3) is 0.500. The summed E-state index contributed by atoms with van der Waals surface area (Å²) in [7, 11) is 1.29. The Morgan fingerprint density at radius 3 is 2.52 bits per heavy atom. The van der Waals surface area contributed by atoms with Crippen molar-refractivity contribution in [3.63, 3.8) is 0 Å². The highest BCUT2D eigenvalue weighted by Gasteiger charge is 2.32. The number of nitrogens with two attached hydrogens (primary N) is 1. The number of carbonyl (C=O) groups is 1. The molecule has 0 aliphatic rings. The highest BCUT2D eigenvalue weighted by molar-refractivity contribution is 5.94. The Bertz CT molecular complexity index is 489. The summed E-state index contributed by atoms with van der Waals surface area (Å²) in [4.78, 5) is 11.4. The molecule has 0 spiro atoms. The molecule has 0 saturated heterocycles. The van der Waals surface area contributed by atoms with Crippen molar-refractivity contribution in [2.24, 2.45) is 5.73 Å². The Balaban J connectivity index is 3.17. The smallest absolute Gasteiger partial charge is 0.366 e. The first-order valence-corrected chi connectivity index (χ1v) is 6.46. The molecule has 1 atom stereocenters. The van der Waals surface area contributed by atoms with E-state index in [1.807, 2.05) is 6.92 Å². The van der Waals surface area contributed by atoms with Gasteiger partial charge in [0.15, 0.2) is 6.29 Å². The van der Waals surface area contributed by atoms with Gasteiger partial charge in [-0.2, -0.15) is 13.2 Å². The molecular weight excluding hydrogens is 287 g/mol. The number of ether oxygens (including phenoxy) is 2. The largest absolute Gasteiger partial charge is 0.416 e. The molecule has 2 N–H and O–H groups in total. The van der Waals surface area contributed by atoms with E-state index in [4.69, 9.17) is 15.2 Å². The van der Waals surface area contributed by atoms with Crippen molar-refractivity contribution in [3.8, 4) is 0 Å². The van der Waals surface area contributed by atoms with Crippen LogP contribution in [0.4, 0.5) is 13.2 Å². The van der Waals surface area contributed by atoms with Crippen molar-refractivity contribution in [1.82, 2.24) is 0 Å². The summed E-state index contributed by atoms with van der Waals surface area (Å²) in [6.07, 6.45) is -4.00. The molecule has 1 aromatic rings. The van der Waals surface area contributed by atoms with Crippen LogP contribution in [0.15, 0.2) is 18.2 Å². The second-order valence-electron chi connectivity index (χ2n) is 4.46. The normalized spacial score (nSPS) is 13.2. The lowest BCUT2D eigenvalue weighted by Crippen LogP contribution is -2.19. The molecule has 21 heavy (non-hydrogen) atoms. The molecule has 118 valence electrons. The van der Waals surface area contributed by atoms with Crippen LogP contribution < -0.4 is 5.73 Å². The van der Waals surface area contributed by atoms with Crippen molar-refractivity contribution < 1.29 is 27.4 Å². The van der Waals surface area contributed by atoms with Crippen molar-refractivity contribution in [2.45, 2.75) is 32.2 Å². The van der Waals surface area contributed by atoms with E-state index in [9.17, 15) is 18.0 Å². The Labute approximate surface area is 121 Å². The second-order valence-corrected chi connectivity index (χ2v) is 4.46. The first-order chi connectivity index (χ1) is 9.81. The number of hydrogen-bond acceptors (Lipinski definition) is 3. The molecule has 0 saturated carbocycles. The molecule has 0 radical (unpaired) electrons. The van der Waals surface area contributed by atoms with Gasteiger partial charge in [0.25, 0.3) is 0 Å². The third-order valence-electron chi connectivity index (χ3n) is 2.88. The van der Waals surface area contributed by atoms with E-state index in [0.717, 1.165) is 31.0 Å². The zero-order chi connectivity index (χ0) is 16.0. The average Bonchev–Trinajstić information content (AvgIpc) is 2.42. The number of benzene rings is 1. The minimum Gasteiger partial charge on any atom is -0.366 e. The summed E-state index contributed by atoms with van der Waals surface area (Å²) in [6.45, 7) is 2.26. The van der Waals surface area contributed by atoms with E-state index in [1.54, 1.807) is 0 Å². The summed E-state index contributed by atoms with van der Waals surface area (Å²) in [5.74, 6) is -0.833. The molecule has 0 bridgehead atoms. The predicted molar refractivity (Wildman–Crippen MR) is 70.6 cm³/mol. The van der Waals surface area contributed by atoms with E-state index in [0.29, 0.717) is 6.61 Å². The van der Waals surface area contributed by atoms with Crippen molar-refractivity contribution in [1.29, 1.82) is 0 Å². The molecule has 0 aromatic heterocycles. The molecule has 0 aliphatic carbocycles. The highest BCUT2D eigenvalue weighted by atomic mass is 19.4. The minimum atomic E-state index is -4.52. The van der Waals surface area contributed by atoms with E-state index in [1.165, 1.54) is 7.11 Å². The van der Waals surface area contributed by atoms with Gasteiger partial charge in [0, 0.05) is 18.2 Å². The van der Waals surface area contributed by atoms with Gasteiger partial charge in [-0.3, -0.25) is 4.79 Å². The standard InChI is InChI=1S/C14H18F3NO3/c1-3-4-7-21-13(20-2)11-8-9(14(15,16)17)5-6-10(11)12(18)19/h5-6,8,13H,3-4,7H2,1-2H3,(H2,18,19). The fourth-order valence-electron chi connectivity index (χ4n) is 1.78. The van der Waals surface area contributed by atoms with E-state index >= 15 is 0 Å². The number of unbranched alkanes of at least 4 members (excludes halogenated alkanes) is 1. The van der Waals surface area contributed by atoms with Crippen LogP contribution in [0, 0.1) is 0 Å². The number of halogens is 3. The van der Waals surface area contributed by atoms with E-state index in [-0.39, 0.29) is 11.1 Å². The topological polar surface area (TPSA) is 61.6 Å². The van der Waals surface area contributed by atoms with Crippen molar-refractivity contribution >= 4 is 5.91 Å². The lowest BCUT2D eigenvalue weighted by molar-refractivity contribution is -0.139. The van der Waals surface area contributed by atoms with Crippen LogP contribution in [0.3, 0.4) is 0 Å². The van der Waals surface area contributed by atoms with Crippen LogP contribution in [0.2, 0.25) is 0 Å². The predicted octanol–water partition coefficient (Wildman–Crippen LogP) is 3.27. The number of primary amides is 1. The fourth-order valence-corrected chi connectivity index (χ4v) is 1.78. The maximum Gasteiger partial charge on any atom is 0.416 e. The van der Waals surface area contributed by atoms with E-state index < -0.39 is 23.9 Å². The summed E-state index contributed by atoms with van der Waals surface area (Å²) in [5, 5.41) is 0. The Morgan fingerprint density at radius 1 is 1.38 bits per heavy atom. The number of rotatable bonds is 7. The van der Waals surface area contributed by atoms with E-state index in [2.05, 4.69) is 0 Å². The van der Waals surface area contributed by atoms with Crippen LogP contribution in [-0.4, -0.2) is 19.6 Å². The Morgan fingerprint density at radius 2 is 2.05 bits per heavy atom. The second kappa shape index (κ2) is 7.42. The van der Waals surface area contributed by atoms with Gasteiger partial charge in [0.1, 0.15) is 0 Å². The lowest BCUT2D eigenvalue weighted by Gasteiger charge is -2.20. The molecule has 0 aliphatic heterocycles. The molecule has 1 unspecified atom stereocenters. The van der Waals surface area contributed by atoms with Gasteiger partial charge < -0.3 is 15.2 Å². The zero-order valence-corrected chi connectivity index (χ0v) is 11.9. The Hall–Kier alpha value is -1.60. The van der Waals surface area contributed by atoms with Crippen LogP contribution in [-0.2, 0) is 15.7 Å². The third-order valence-corrected chi connectivity index (χ3v) is 2.88. The SMILES string of the molecule is CCCCOC(OC)c1cc(C(F)(F)F)ccc1C(N)=O. The average molecular weight is 305 g/mol. The molecule has 1 aromatic carbocycles. The number of carbonyl (C=O) groups excluding carboxylic acids is 1. The van der Waals surface area contributed by atoms with Crippen molar-refractivity contribution in [3.05, 3.63) is 34.9 Å². The van der Waals surface area contributed by atoms with Gasteiger partial charge in [0.05, 0.1) is 12.2 Å². The quantitative estimate of drug-likeness (QED) is 0.621. The third kappa shape index (κ3) is 4.71. The maximum absolute atomic E-state index is 12.8. The van der Waals surface area contributed by atoms with Gasteiger partial charge in [-0.25, -0.2) is 0 Å². The number of methoxy groups -OCH3 is 1. The maximum atomic E-state index is 12.8. The van der Waals surface area contributed by atoms with Gasteiger partial charge in [-0.15, -0.1) is 0 Å². The minimum absolute atomic E-state index is 0.0177. The monoisotopic (exact) mass is 305 g/mol. The highest BCUT2D eigenvalue weighted by Crippen LogP contribution is 2.33. The van der Waals surface area contributed by atoms with Crippen LogP contribution in [0.25, 0.3) is 0 Å². The van der Waals surface area contributed by atoms with Gasteiger partial charge in [0.2, 0.25) is 5.91 Å². The lowest BCUT2D eigenvalue weighted by atomic mass is 10.0. The number of alkyl halides is 3. The number of amides is 1.